The fraction of sp³-hybridized carbons (Fsp3) is 0.703. The maximum atomic E-state index is 14.9. The highest BCUT2D eigenvalue weighted by Gasteiger charge is 2.44. The van der Waals surface area contributed by atoms with Crippen LogP contribution in [-0.4, -0.2) is 207 Å². The molecular weight excluding hydrogens is 1150 g/mol. The minimum absolute atomic E-state index is 0.0893. The summed E-state index contributed by atoms with van der Waals surface area (Å²) in [6.07, 6.45) is 4.86. The van der Waals surface area contributed by atoms with Crippen molar-refractivity contribution in [2.75, 3.05) is 61.6 Å². The first-order chi connectivity index (χ1) is 42.0. The first kappa shape index (κ1) is 76.3. The van der Waals surface area contributed by atoms with E-state index < -0.39 is 102 Å². The highest BCUT2D eigenvalue weighted by atomic mass is 16.5. The highest BCUT2D eigenvalue weighted by molar-refractivity contribution is 6.12. The van der Waals surface area contributed by atoms with Crippen molar-refractivity contribution >= 4 is 65.2 Å². The van der Waals surface area contributed by atoms with Crippen molar-refractivity contribution in [3.05, 3.63) is 48.0 Å². The zero-order chi connectivity index (χ0) is 66.8. The van der Waals surface area contributed by atoms with Gasteiger partial charge < -0.3 is 61.6 Å². The van der Waals surface area contributed by atoms with Crippen molar-refractivity contribution in [1.29, 1.82) is 0 Å². The molecule has 1 saturated heterocycles. The van der Waals surface area contributed by atoms with Crippen LogP contribution in [0.4, 0.5) is 4.79 Å². The van der Waals surface area contributed by atoms with E-state index in [9.17, 15) is 52.7 Å². The molecule has 1 aromatic carbocycles. The molecule has 0 radical (unpaired) electrons. The lowest BCUT2D eigenvalue weighted by Crippen LogP contribution is -2.60. The number of unbranched alkanes of at least 4 members (excludes halogenated alkanes) is 2. The van der Waals surface area contributed by atoms with Crippen molar-refractivity contribution in [3.8, 4) is 0 Å². The molecular formula is C64H105N11O14. The number of hydrogen-bond donors (Lipinski definition) is 7. The molecule has 2 unspecified atom stereocenters. The van der Waals surface area contributed by atoms with Gasteiger partial charge in [-0.25, -0.2) is 9.59 Å². The number of hydrogen-bond acceptors (Lipinski definition) is 15. The number of nitrogens with one attached hydrogen (secondary N) is 6. The number of benzene rings is 1. The number of ether oxygens (including phenoxy) is 3. The first-order valence-electron chi connectivity index (χ1n) is 31.5. The molecule has 0 aliphatic carbocycles. The number of nitrogens with two attached hydrogens (primary N) is 1. The Labute approximate surface area is 527 Å². The van der Waals surface area contributed by atoms with Gasteiger partial charge in [0.05, 0.1) is 49.8 Å². The Bertz CT molecular complexity index is 2530. The average Bonchev–Trinajstić information content (AvgIpc) is 3.21. The molecule has 25 nitrogen and oxygen atoms in total. The number of nitrogens with zero attached hydrogens (tertiary/aromatic N) is 4. The zero-order valence-corrected chi connectivity index (χ0v) is 55.4. The standard InChI is InChI=1S/C64H105N11O14/c1-16-41(8)56(48(87-13)36-52(79)74-34-24-28-47(74)57(88-14)43(10)58(80)69-46(63(85)89-15)35-44-25-19-17-20-26-44)73(12)62(84)54(39(4)5)71-61(83)55(40(6)7)72(11)37-42(9)67-59(81)45(27-23-32-66-64(65)86)68-60(82)53(38(2)3)70-49(76)29-21-18-22-33-75-50(77)30-31-51(75)78/h17,19-20,25-26,30-31,38-43,45-48,53-57H,16,18,21-24,27-29,32-37H2,1-15H3,(H,67,81)(H,68,82)(H,69,80)(H,70,76)(H,71,83)(H3,65,66,86)/t41-,42+,43+,45-,46-,47-,48+,53?,54?,55-,56-,57+/m0/s1. The molecule has 2 aliphatic rings. The molecule has 2 heterocycles. The maximum Gasteiger partial charge on any atom is 0.328 e. The Morgan fingerprint density at radius 3 is 1.90 bits per heavy atom. The van der Waals surface area contributed by atoms with E-state index in [0.717, 1.165) is 10.5 Å². The van der Waals surface area contributed by atoms with E-state index >= 15 is 0 Å². The van der Waals surface area contributed by atoms with Crippen LogP contribution < -0.4 is 37.6 Å². The van der Waals surface area contributed by atoms with Gasteiger partial charge in [-0.15, -0.1) is 0 Å². The number of esters is 1. The minimum Gasteiger partial charge on any atom is -0.467 e. The summed E-state index contributed by atoms with van der Waals surface area (Å²) < 4.78 is 17.1. The van der Waals surface area contributed by atoms with Crippen LogP contribution in [0.5, 0.6) is 0 Å². The van der Waals surface area contributed by atoms with Gasteiger partial charge in [-0.1, -0.05) is 105 Å². The van der Waals surface area contributed by atoms with Crippen LogP contribution in [0.25, 0.3) is 0 Å². The first-order valence-corrected chi connectivity index (χ1v) is 31.5. The summed E-state index contributed by atoms with van der Waals surface area (Å²) in [4.78, 5) is 153. The number of amides is 11. The monoisotopic (exact) mass is 1250 g/mol. The van der Waals surface area contributed by atoms with Gasteiger partial charge in [0.1, 0.15) is 24.2 Å². The predicted octanol–water partition coefficient (Wildman–Crippen LogP) is 2.97. The second-order valence-electron chi connectivity index (χ2n) is 24.9. The van der Waals surface area contributed by atoms with Gasteiger partial charge in [-0.3, -0.25) is 53.0 Å². The average molecular weight is 1250 g/mol. The lowest BCUT2D eigenvalue weighted by Gasteiger charge is -2.41. The number of likely N-dealkylation sites (tertiary alicyclic amines) is 1. The van der Waals surface area contributed by atoms with Crippen LogP contribution in [0, 0.1) is 29.6 Å². The molecule has 0 saturated carbocycles. The van der Waals surface area contributed by atoms with Crippen LogP contribution in [0.1, 0.15) is 139 Å². The van der Waals surface area contributed by atoms with Gasteiger partial charge >= 0.3 is 12.0 Å². The Morgan fingerprint density at radius 2 is 1.34 bits per heavy atom. The zero-order valence-electron chi connectivity index (χ0n) is 55.4. The highest BCUT2D eigenvalue weighted by Crippen LogP contribution is 2.30. The Balaban J connectivity index is 1.73. The number of primary amides is 1. The topological polar surface area (TPSA) is 327 Å². The number of likely N-dealkylation sites (N-methyl/N-ethyl adjacent to an activating group) is 2. The normalized spacial score (nSPS) is 17.9. The summed E-state index contributed by atoms with van der Waals surface area (Å²) in [6.45, 7) is 19.3. The van der Waals surface area contributed by atoms with E-state index in [1.54, 1.807) is 56.5 Å². The lowest BCUT2D eigenvalue weighted by molar-refractivity contribution is -0.149. The van der Waals surface area contributed by atoms with Crippen LogP contribution in [-0.2, 0) is 68.6 Å². The number of rotatable bonds is 39. The quantitative estimate of drug-likeness (QED) is 0.0283. The lowest BCUT2D eigenvalue weighted by atomic mass is 9.89. The van der Waals surface area contributed by atoms with Crippen LogP contribution in [0.3, 0.4) is 0 Å². The summed E-state index contributed by atoms with van der Waals surface area (Å²) in [5.41, 5.74) is 6.12. The maximum absolute atomic E-state index is 14.9. The van der Waals surface area contributed by atoms with E-state index in [4.69, 9.17) is 19.9 Å². The van der Waals surface area contributed by atoms with Crippen molar-refractivity contribution in [3.63, 3.8) is 0 Å². The van der Waals surface area contributed by atoms with Crippen molar-refractivity contribution < 1.29 is 67.0 Å². The van der Waals surface area contributed by atoms with Crippen LogP contribution in [0.15, 0.2) is 42.5 Å². The molecule has 89 heavy (non-hydrogen) atoms. The van der Waals surface area contributed by atoms with Gasteiger partial charge in [0.25, 0.3) is 11.8 Å². The van der Waals surface area contributed by atoms with E-state index in [1.165, 1.54) is 33.5 Å². The minimum atomic E-state index is -1.10. The second kappa shape index (κ2) is 37.9. The molecule has 1 fully saturated rings. The van der Waals surface area contributed by atoms with Crippen LogP contribution >= 0.6 is 0 Å². The number of carbonyl (C=O) groups is 11. The summed E-state index contributed by atoms with van der Waals surface area (Å²) in [6, 6.07) is 2.00. The molecule has 1 aromatic rings. The SMILES string of the molecule is CC[C@H](C)[C@@H]([C@@H](CC(=O)N1CCC[C@H]1[C@H](OC)[C@@H](C)C(=O)N[C@@H](Cc1ccccc1)C(=O)OC)OC)N(C)C(=O)C(NC(=O)[C@H](C(C)C)N(C)C[C@@H](C)NC(=O)[C@H](CCCNC(N)=O)NC(=O)C(NC(=O)CCCCCN1C(=O)C=CC1=O)C(C)C)C(C)C. The van der Waals surface area contributed by atoms with Gasteiger partial charge in [0.15, 0.2) is 0 Å². The molecule has 8 N–H and O–H groups in total. The van der Waals surface area contributed by atoms with Crippen molar-refractivity contribution in [2.24, 2.45) is 35.3 Å². The number of carbonyl (C=O) groups excluding carboxylic acids is 11. The Kier molecular flexibility index (Phi) is 32.5. The van der Waals surface area contributed by atoms with Gasteiger partial charge in [-0.2, -0.15) is 0 Å². The summed E-state index contributed by atoms with van der Waals surface area (Å²) in [7, 11) is 7.66. The third kappa shape index (κ3) is 23.4. The number of urea groups is 1. The Morgan fingerprint density at radius 1 is 0.708 bits per heavy atom. The molecule has 3 rings (SSSR count). The fourth-order valence-electron chi connectivity index (χ4n) is 11.9. The van der Waals surface area contributed by atoms with E-state index in [-0.39, 0.29) is 105 Å². The third-order valence-corrected chi connectivity index (χ3v) is 17.0. The Hall–Kier alpha value is -6.99. The molecule has 0 spiro atoms. The summed E-state index contributed by atoms with van der Waals surface area (Å²) in [5.74, 6) is -6.30. The molecule has 500 valence electrons. The van der Waals surface area contributed by atoms with Crippen LogP contribution in [0.2, 0.25) is 0 Å². The largest absolute Gasteiger partial charge is 0.467 e. The van der Waals surface area contributed by atoms with Gasteiger partial charge in [0.2, 0.25) is 41.4 Å². The molecule has 25 heteroatoms. The predicted molar refractivity (Wildman–Crippen MR) is 336 cm³/mol. The summed E-state index contributed by atoms with van der Waals surface area (Å²) >= 11 is 0. The molecule has 0 aromatic heterocycles. The third-order valence-electron chi connectivity index (χ3n) is 17.0. The van der Waals surface area contributed by atoms with Gasteiger partial charge in [0, 0.05) is 78.5 Å². The van der Waals surface area contributed by atoms with E-state index in [0.29, 0.717) is 45.1 Å². The number of methoxy groups -OCH3 is 3. The molecule has 11 amide bonds. The fourth-order valence-corrected chi connectivity index (χ4v) is 11.9. The number of imide groups is 1. The van der Waals surface area contributed by atoms with Gasteiger partial charge in [-0.05, 0) is 81.7 Å². The molecule has 12 atom stereocenters. The molecule has 0 bridgehead atoms. The van der Waals surface area contributed by atoms with E-state index in [1.807, 2.05) is 71.9 Å². The van der Waals surface area contributed by atoms with E-state index in [2.05, 4.69) is 31.9 Å². The smallest absolute Gasteiger partial charge is 0.328 e. The van der Waals surface area contributed by atoms with Crippen molar-refractivity contribution in [2.45, 2.75) is 200 Å². The second-order valence-corrected chi connectivity index (χ2v) is 24.9. The van der Waals surface area contributed by atoms with Crippen molar-refractivity contribution in [1.82, 2.24) is 51.5 Å². The summed E-state index contributed by atoms with van der Waals surface area (Å²) in [5, 5.41) is 17.0. The molecule has 2 aliphatic heterocycles.